The first-order chi connectivity index (χ1) is 16.7. The first kappa shape index (κ1) is 32.5. The lowest BCUT2D eigenvalue weighted by atomic mass is 9.39. The SMILES string of the molecule is C=C[C@@]1(C)CC(=O)[C@]2(O)[C@@]3(C)[C@@H](OC(=O)CNC(C)(C)C)CCC(C)(C)[C@@H]3[C@H](O)[C@H](OC(N)=O)[C@@]2(C)O1.Cl. The smallest absolute Gasteiger partial charge is 0.404 e. The first-order valence-corrected chi connectivity index (χ1v) is 12.9. The second kappa shape index (κ2) is 10.0. The number of primary amides is 1. The average molecular weight is 561 g/mol. The number of hydrogen-bond acceptors (Lipinski definition) is 9. The van der Waals surface area contributed by atoms with Crippen LogP contribution in [0.2, 0.25) is 0 Å². The van der Waals surface area contributed by atoms with Crippen molar-refractivity contribution in [3.8, 4) is 0 Å². The van der Waals surface area contributed by atoms with Crippen LogP contribution in [0.3, 0.4) is 0 Å². The fourth-order valence-electron chi connectivity index (χ4n) is 7.30. The minimum absolute atomic E-state index is 0. The third-order valence-corrected chi connectivity index (χ3v) is 8.97. The van der Waals surface area contributed by atoms with Crippen LogP contribution in [-0.2, 0) is 23.8 Å². The molecule has 0 aromatic heterocycles. The molecular weight excluding hydrogens is 516 g/mol. The van der Waals surface area contributed by atoms with Gasteiger partial charge in [0, 0.05) is 23.3 Å². The number of esters is 1. The zero-order valence-electron chi connectivity index (χ0n) is 23.8. The summed E-state index contributed by atoms with van der Waals surface area (Å²) in [4.78, 5) is 39.0. The molecule has 218 valence electrons. The Morgan fingerprint density at radius 3 is 2.29 bits per heavy atom. The van der Waals surface area contributed by atoms with Crippen LogP contribution in [0.4, 0.5) is 4.79 Å². The number of halogens is 1. The Morgan fingerprint density at radius 1 is 1.21 bits per heavy atom. The maximum atomic E-state index is 14.0. The fraction of sp³-hybridized carbons (Fsp3) is 0.815. The molecule has 11 heteroatoms. The second-order valence-corrected chi connectivity index (χ2v) is 13.3. The van der Waals surface area contributed by atoms with Crippen molar-refractivity contribution >= 4 is 30.3 Å². The molecule has 1 saturated heterocycles. The number of carbonyl (C=O) groups is 3. The van der Waals surface area contributed by atoms with E-state index in [1.165, 1.54) is 13.0 Å². The number of aliphatic hydroxyl groups is 2. The molecule has 2 saturated carbocycles. The van der Waals surface area contributed by atoms with Gasteiger partial charge in [0.1, 0.15) is 11.7 Å². The number of fused-ring (bicyclic) bond motifs is 3. The summed E-state index contributed by atoms with van der Waals surface area (Å²) in [7, 11) is 0. The number of rotatable bonds is 5. The van der Waals surface area contributed by atoms with Gasteiger partial charge in [-0.15, -0.1) is 19.0 Å². The Hall–Kier alpha value is -1.72. The van der Waals surface area contributed by atoms with Gasteiger partial charge in [0.2, 0.25) is 0 Å². The molecule has 0 aromatic carbocycles. The normalized spacial score (nSPS) is 42.1. The average Bonchev–Trinajstić information content (AvgIpc) is 2.74. The Morgan fingerprint density at radius 2 is 1.79 bits per heavy atom. The molecule has 3 fully saturated rings. The van der Waals surface area contributed by atoms with Crippen molar-refractivity contribution in [1.82, 2.24) is 5.32 Å². The van der Waals surface area contributed by atoms with Gasteiger partial charge in [0.05, 0.1) is 18.2 Å². The minimum Gasteiger partial charge on any atom is -0.461 e. The standard InChI is InChI=1S/C27H44N2O8.ClH/c1-10-24(7)13-15(30)27(34)25(8)16(35-17(31)14-29-22(2,3)4)11-12-23(5,6)19(25)18(32)20(36-21(28)33)26(27,9)37-24;/h10,16,18-20,29,32,34H,1,11-14H2,2-9H3,(H2,28,33);1H/t16-,18-,19-,20-,24-,25-,26+,27-;/m0./s1. The summed E-state index contributed by atoms with van der Waals surface area (Å²) in [5.74, 6) is -1.95. The molecule has 1 amide bonds. The predicted octanol–water partition coefficient (Wildman–Crippen LogP) is 2.41. The first-order valence-electron chi connectivity index (χ1n) is 12.9. The van der Waals surface area contributed by atoms with Crippen molar-refractivity contribution in [2.45, 2.75) is 115 Å². The van der Waals surface area contributed by atoms with Crippen molar-refractivity contribution in [3.63, 3.8) is 0 Å². The lowest BCUT2D eigenvalue weighted by molar-refractivity contribution is -0.369. The molecular formula is C27H45ClN2O8. The lowest BCUT2D eigenvalue weighted by Gasteiger charge is -2.71. The molecule has 0 aromatic rings. The number of carbonyl (C=O) groups excluding carboxylic acids is 3. The summed E-state index contributed by atoms with van der Waals surface area (Å²) >= 11 is 0. The van der Waals surface area contributed by atoms with Gasteiger partial charge < -0.3 is 35.5 Å². The van der Waals surface area contributed by atoms with Crippen molar-refractivity contribution < 1.29 is 38.8 Å². The Kier molecular flexibility index (Phi) is 8.58. The van der Waals surface area contributed by atoms with Crippen molar-refractivity contribution in [2.75, 3.05) is 6.54 Å². The van der Waals surface area contributed by atoms with E-state index >= 15 is 0 Å². The fourth-order valence-corrected chi connectivity index (χ4v) is 7.30. The summed E-state index contributed by atoms with van der Waals surface area (Å²) in [6.45, 7) is 18.0. The number of ketones is 1. The van der Waals surface area contributed by atoms with Gasteiger partial charge >= 0.3 is 12.1 Å². The van der Waals surface area contributed by atoms with Crippen LogP contribution in [0.15, 0.2) is 12.7 Å². The van der Waals surface area contributed by atoms with Gasteiger partial charge in [0.25, 0.3) is 0 Å². The number of nitrogens with two attached hydrogens (primary N) is 1. The number of Topliss-reactive ketones (excluding diaryl/α,β-unsaturated/α-hetero) is 1. The molecule has 3 rings (SSSR count). The van der Waals surface area contributed by atoms with E-state index in [0.29, 0.717) is 12.8 Å². The molecule has 38 heavy (non-hydrogen) atoms. The highest BCUT2D eigenvalue weighted by Crippen LogP contribution is 2.67. The van der Waals surface area contributed by atoms with Gasteiger partial charge in [-0.1, -0.05) is 26.8 Å². The Bertz CT molecular complexity index is 983. The maximum Gasteiger partial charge on any atom is 0.404 e. The van der Waals surface area contributed by atoms with Gasteiger partial charge in [0.15, 0.2) is 17.5 Å². The third kappa shape index (κ3) is 4.87. The van der Waals surface area contributed by atoms with E-state index in [9.17, 15) is 24.6 Å². The molecule has 1 aliphatic heterocycles. The monoisotopic (exact) mass is 560 g/mol. The summed E-state index contributed by atoms with van der Waals surface area (Å²) in [5.41, 5.74) is -2.56. The van der Waals surface area contributed by atoms with E-state index in [1.807, 2.05) is 34.6 Å². The maximum absolute atomic E-state index is 14.0. The van der Waals surface area contributed by atoms with Gasteiger partial charge in [-0.3, -0.25) is 9.59 Å². The van der Waals surface area contributed by atoms with Crippen molar-refractivity contribution in [1.29, 1.82) is 0 Å². The highest BCUT2D eigenvalue weighted by Gasteiger charge is 2.82. The van der Waals surface area contributed by atoms with E-state index in [0.717, 1.165) is 0 Å². The van der Waals surface area contributed by atoms with Crippen LogP contribution >= 0.6 is 12.4 Å². The third-order valence-electron chi connectivity index (χ3n) is 8.97. The second-order valence-electron chi connectivity index (χ2n) is 13.3. The molecule has 5 N–H and O–H groups in total. The van der Waals surface area contributed by atoms with E-state index in [-0.39, 0.29) is 30.9 Å². The largest absolute Gasteiger partial charge is 0.461 e. The van der Waals surface area contributed by atoms with E-state index in [2.05, 4.69) is 11.9 Å². The van der Waals surface area contributed by atoms with Crippen LogP contribution in [-0.4, -0.2) is 75.3 Å². The predicted molar refractivity (Wildman–Crippen MR) is 143 cm³/mol. The van der Waals surface area contributed by atoms with Gasteiger partial charge in [-0.05, 0) is 52.9 Å². The number of nitrogens with one attached hydrogen (secondary N) is 1. The Balaban J connectivity index is 0.00000507. The van der Waals surface area contributed by atoms with Crippen molar-refractivity contribution in [3.05, 3.63) is 12.7 Å². The summed E-state index contributed by atoms with van der Waals surface area (Å²) in [5, 5.41) is 27.5. The van der Waals surface area contributed by atoms with Crippen LogP contribution in [0, 0.1) is 16.7 Å². The molecule has 0 spiro atoms. The lowest BCUT2D eigenvalue weighted by Crippen LogP contribution is -2.87. The molecule has 2 aliphatic carbocycles. The van der Waals surface area contributed by atoms with Gasteiger partial charge in [-0.25, -0.2) is 4.79 Å². The zero-order valence-corrected chi connectivity index (χ0v) is 24.6. The number of ether oxygens (including phenoxy) is 3. The zero-order chi connectivity index (χ0) is 28.4. The quantitative estimate of drug-likeness (QED) is 0.293. The summed E-state index contributed by atoms with van der Waals surface area (Å²) in [6, 6.07) is 0. The topological polar surface area (TPSA) is 157 Å². The molecule has 0 unspecified atom stereocenters. The van der Waals surface area contributed by atoms with Crippen LogP contribution in [0.25, 0.3) is 0 Å². The van der Waals surface area contributed by atoms with Crippen LogP contribution < -0.4 is 11.1 Å². The van der Waals surface area contributed by atoms with E-state index < -0.39 is 69.7 Å². The number of hydrogen-bond donors (Lipinski definition) is 4. The molecule has 8 atom stereocenters. The molecule has 1 heterocycles. The Labute approximate surface area is 231 Å². The molecule has 10 nitrogen and oxygen atoms in total. The summed E-state index contributed by atoms with van der Waals surface area (Å²) in [6.07, 6.45) is -2.89. The molecule has 0 radical (unpaired) electrons. The van der Waals surface area contributed by atoms with Gasteiger partial charge in [-0.2, -0.15) is 0 Å². The molecule has 0 bridgehead atoms. The highest BCUT2D eigenvalue weighted by molar-refractivity contribution is 5.92. The minimum atomic E-state index is -2.31. The number of aliphatic hydroxyl groups excluding tert-OH is 1. The highest BCUT2D eigenvalue weighted by atomic mass is 35.5. The van der Waals surface area contributed by atoms with E-state index in [4.69, 9.17) is 19.9 Å². The van der Waals surface area contributed by atoms with Crippen LogP contribution in [0.5, 0.6) is 0 Å². The summed E-state index contributed by atoms with van der Waals surface area (Å²) < 4.78 is 17.7. The van der Waals surface area contributed by atoms with E-state index in [1.54, 1.807) is 13.8 Å². The van der Waals surface area contributed by atoms with Crippen molar-refractivity contribution in [2.24, 2.45) is 22.5 Å². The number of amides is 1. The van der Waals surface area contributed by atoms with Crippen LogP contribution in [0.1, 0.15) is 74.7 Å². The molecule has 3 aliphatic rings.